The molecular weight excluding hydrogens is 292 g/mol. The Morgan fingerprint density at radius 3 is 2.43 bits per heavy atom. The first-order valence-electron chi connectivity index (χ1n) is 6.57. The Morgan fingerprint density at radius 1 is 1.33 bits per heavy atom. The molecule has 7 heteroatoms. The summed E-state index contributed by atoms with van der Waals surface area (Å²) in [6.45, 7) is 0.519. The summed E-state index contributed by atoms with van der Waals surface area (Å²) in [7, 11) is -3.50. The zero-order valence-electron chi connectivity index (χ0n) is 11.4. The number of terminal acetylenes is 1. The van der Waals surface area contributed by atoms with Crippen LogP contribution in [-0.2, 0) is 15.8 Å². The number of hydrogen-bond acceptors (Lipinski definition) is 4. The number of nitrogens with zero attached hydrogens (tertiary/aromatic N) is 2. The van der Waals surface area contributed by atoms with Gasteiger partial charge < -0.3 is 0 Å². The molecule has 0 radical (unpaired) electrons. The number of non-ortho nitro benzene ring substituents is 1. The van der Waals surface area contributed by atoms with E-state index in [2.05, 4.69) is 5.92 Å². The van der Waals surface area contributed by atoms with Gasteiger partial charge in [0.15, 0.2) is 0 Å². The van der Waals surface area contributed by atoms with Gasteiger partial charge in [-0.05, 0) is 24.3 Å². The van der Waals surface area contributed by atoms with Crippen LogP contribution in [0.5, 0.6) is 0 Å². The van der Waals surface area contributed by atoms with Crippen molar-refractivity contribution in [1.82, 2.24) is 4.31 Å². The molecule has 0 aromatic heterocycles. The van der Waals surface area contributed by atoms with Crippen LogP contribution >= 0.6 is 0 Å². The average molecular weight is 308 g/mol. The number of benzene rings is 1. The molecule has 0 unspecified atom stereocenters. The molecule has 0 atom stereocenters. The third kappa shape index (κ3) is 4.28. The van der Waals surface area contributed by atoms with Crippen molar-refractivity contribution < 1.29 is 13.3 Å². The van der Waals surface area contributed by atoms with Crippen LogP contribution in [0, 0.1) is 28.4 Å². The third-order valence-electron chi connectivity index (χ3n) is 3.32. The van der Waals surface area contributed by atoms with E-state index in [0.717, 1.165) is 12.8 Å². The first kappa shape index (κ1) is 15.5. The molecule has 112 valence electrons. The molecule has 0 spiro atoms. The summed E-state index contributed by atoms with van der Waals surface area (Å²) in [5.74, 6) is 2.59. The lowest BCUT2D eigenvalue weighted by Gasteiger charge is -2.19. The Morgan fingerprint density at radius 2 is 1.95 bits per heavy atom. The summed E-state index contributed by atoms with van der Waals surface area (Å²) < 4.78 is 26.1. The Balaban J connectivity index is 2.10. The molecule has 1 aliphatic carbocycles. The number of rotatable bonds is 7. The standard InChI is InChI=1S/C14H16N2O4S/c1-2-9-15(10-12-3-4-12)21(19,20)11-13-5-7-14(8-6-13)16(17)18/h1,5-8,12H,3-4,9-11H2. The minimum atomic E-state index is -3.50. The van der Waals surface area contributed by atoms with Crippen molar-refractivity contribution in [2.75, 3.05) is 13.1 Å². The lowest BCUT2D eigenvalue weighted by atomic mass is 10.2. The van der Waals surface area contributed by atoms with E-state index in [1.165, 1.54) is 28.6 Å². The number of hydrogen-bond donors (Lipinski definition) is 0. The smallest absolute Gasteiger partial charge is 0.258 e. The largest absolute Gasteiger partial charge is 0.269 e. The SMILES string of the molecule is C#CCN(CC1CC1)S(=O)(=O)Cc1ccc([N+](=O)[O-])cc1. The molecule has 1 saturated carbocycles. The van der Waals surface area contributed by atoms with Gasteiger partial charge >= 0.3 is 0 Å². The molecule has 2 rings (SSSR count). The topological polar surface area (TPSA) is 80.5 Å². The van der Waals surface area contributed by atoms with E-state index in [0.29, 0.717) is 18.0 Å². The van der Waals surface area contributed by atoms with Crippen LogP contribution in [0.2, 0.25) is 0 Å². The minimum Gasteiger partial charge on any atom is -0.258 e. The van der Waals surface area contributed by atoms with Gasteiger partial charge in [0.25, 0.3) is 5.69 Å². The fourth-order valence-corrected chi connectivity index (χ4v) is 3.49. The second-order valence-corrected chi connectivity index (χ2v) is 7.09. The monoisotopic (exact) mass is 308 g/mol. The summed E-state index contributed by atoms with van der Waals surface area (Å²) in [5.41, 5.74) is 0.452. The Kier molecular flexibility index (Phi) is 4.60. The van der Waals surface area contributed by atoms with E-state index < -0.39 is 14.9 Å². The predicted molar refractivity (Wildman–Crippen MR) is 78.9 cm³/mol. The van der Waals surface area contributed by atoms with E-state index in [-0.39, 0.29) is 18.0 Å². The fourth-order valence-electron chi connectivity index (χ4n) is 1.98. The number of sulfonamides is 1. The summed E-state index contributed by atoms with van der Waals surface area (Å²) >= 11 is 0. The third-order valence-corrected chi connectivity index (χ3v) is 5.08. The molecule has 1 aromatic rings. The molecule has 1 fully saturated rings. The Hall–Kier alpha value is -1.91. The molecule has 0 heterocycles. The summed E-state index contributed by atoms with van der Waals surface area (Å²) in [6, 6.07) is 5.52. The highest BCUT2D eigenvalue weighted by Gasteiger charge is 2.30. The molecule has 0 amide bonds. The van der Waals surface area contributed by atoms with Crippen molar-refractivity contribution in [3.63, 3.8) is 0 Å². The van der Waals surface area contributed by atoms with Crippen LogP contribution in [0.1, 0.15) is 18.4 Å². The summed E-state index contributed by atoms with van der Waals surface area (Å²) in [6.07, 6.45) is 7.31. The highest BCUT2D eigenvalue weighted by atomic mass is 32.2. The van der Waals surface area contributed by atoms with Gasteiger partial charge in [-0.1, -0.05) is 18.1 Å². The van der Waals surface area contributed by atoms with Crippen LogP contribution in [0.3, 0.4) is 0 Å². The first-order valence-corrected chi connectivity index (χ1v) is 8.18. The van der Waals surface area contributed by atoms with Gasteiger partial charge in [0, 0.05) is 18.7 Å². The average Bonchev–Trinajstić information content (AvgIpc) is 3.22. The molecular formula is C14H16N2O4S. The van der Waals surface area contributed by atoms with Crippen LogP contribution in [0.4, 0.5) is 5.69 Å². The predicted octanol–water partition coefficient (Wildman–Crippen LogP) is 1.77. The van der Waals surface area contributed by atoms with Gasteiger partial charge in [-0.3, -0.25) is 10.1 Å². The van der Waals surface area contributed by atoms with Gasteiger partial charge in [-0.2, -0.15) is 4.31 Å². The van der Waals surface area contributed by atoms with E-state index in [1.807, 2.05) is 0 Å². The van der Waals surface area contributed by atoms with Crippen molar-refractivity contribution in [3.05, 3.63) is 39.9 Å². The number of nitro benzene ring substituents is 1. The van der Waals surface area contributed by atoms with Crippen molar-refractivity contribution >= 4 is 15.7 Å². The van der Waals surface area contributed by atoms with E-state index in [4.69, 9.17) is 6.42 Å². The highest BCUT2D eigenvalue weighted by molar-refractivity contribution is 7.88. The van der Waals surface area contributed by atoms with Gasteiger partial charge in [-0.25, -0.2) is 8.42 Å². The molecule has 0 bridgehead atoms. The van der Waals surface area contributed by atoms with Gasteiger partial charge in [0.05, 0.1) is 17.2 Å². The van der Waals surface area contributed by atoms with Gasteiger partial charge in [0.1, 0.15) is 0 Å². The maximum Gasteiger partial charge on any atom is 0.269 e. The van der Waals surface area contributed by atoms with E-state index in [9.17, 15) is 18.5 Å². The van der Waals surface area contributed by atoms with E-state index >= 15 is 0 Å². The maximum atomic E-state index is 12.4. The molecule has 6 nitrogen and oxygen atoms in total. The van der Waals surface area contributed by atoms with Crippen LogP contribution in [0.25, 0.3) is 0 Å². The molecule has 0 N–H and O–H groups in total. The molecule has 0 saturated heterocycles. The van der Waals surface area contributed by atoms with Crippen molar-refractivity contribution in [2.24, 2.45) is 5.92 Å². The second kappa shape index (κ2) is 6.24. The lowest BCUT2D eigenvalue weighted by Crippen LogP contribution is -2.34. The quantitative estimate of drug-likeness (QED) is 0.437. The van der Waals surface area contributed by atoms with Crippen LogP contribution < -0.4 is 0 Å². The van der Waals surface area contributed by atoms with Gasteiger partial charge in [0.2, 0.25) is 10.0 Å². The minimum absolute atomic E-state index is 0.0605. The second-order valence-electron chi connectivity index (χ2n) is 5.12. The lowest BCUT2D eigenvalue weighted by molar-refractivity contribution is -0.384. The van der Waals surface area contributed by atoms with Crippen LogP contribution in [-0.4, -0.2) is 30.7 Å². The summed E-state index contributed by atoms with van der Waals surface area (Å²) in [4.78, 5) is 10.1. The van der Waals surface area contributed by atoms with E-state index in [1.54, 1.807) is 0 Å². The van der Waals surface area contributed by atoms with Crippen molar-refractivity contribution in [2.45, 2.75) is 18.6 Å². The first-order chi connectivity index (χ1) is 9.92. The van der Waals surface area contributed by atoms with Crippen LogP contribution in [0.15, 0.2) is 24.3 Å². The zero-order valence-corrected chi connectivity index (χ0v) is 12.3. The van der Waals surface area contributed by atoms with Crippen molar-refractivity contribution in [1.29, 1.82) is 0 Å². The Bertz CT molecular complexity index is 657. The molecule has 21 heavy (non-hydrogen) atoms. The highest BCUT2D eigenvalue weighted by Crippen LogP contribution is 2.30. The fraction of sp³-hybridized carbons (Fsp3) is 0.429. The molecule has 1 aliphatic rings. The van der Waals surface area contributed by atoms with Gasteiger partial charge in [-0.15, -0.1) is 6.42 Å². The van der Waals surface area contributed by atoms with Crippen molar-refractivity contribution in [3.8, 4) is 12.3 Å². The normalized spacial score (nSPS) is 14.9. The molecule has 0 aliphatic heterocycles. The summed E-state index contributed by atoms with van der Waals surface area (Å²) in [5, 5.41) is 10.6. The Labute approximate surface area is 124 Å². The number of nitro groups is 1. The zero-order chi connectivity index (χ0) is 15.5. The maximum absolute atomic E-state index is 12.4. The molecule has 1 aromatic carbocycles.